The molecule has 0 radical (unpaired) electrons. The number of ether oxygens (including phenoxy) is 1. The number of nitrogens with one attached hydrogen (secondary N) is 2. The van der Waals surface area contributed by atoms with Gasteiger partial charge in [0.25, 0.3) is 0 Å². The molecule has 0 heterocycles. The molecule has 0 unspecified atom stereocenters. The number of aliphatic hydroxyl groups excluding tert-OH is 1. The minimum Gasteiger partial charge on any atom is -0.445 e. The highest BCUT2D eigenvalue weighted by atomic mass is 28.3. The summed E-state index contributed by atoms with van der Waals surface area (Å²) in [6, 6.07) is 6.68. The number of hydrogen-bond donors (Lipinski definition) is 4. The van der Waals surface area contributed by atoms with Crippen LogP contribution >= 0.6 is 0 Å². The zero-order valence-electron chi connectivity index (χ0n) is 18.8. The van der Waals surface area contributed by atoms with Crippen LogP contribution in [0.2, 0.25) is 18.1 Å². The van der Waals surface area contributed by atoms with Crippen LogP contribution in [0.4, 0.5) is 4.79 Å². The van der Waals surface area contributed by atoms with E-state index >= 15 is 0 Å². The second-order valence-electron chi connectivity index (χ2n) is 8.79. The Morgan fingerprint density at radius 3 is 2.26 bits per heavy atom. The van der Waals surface area contributed by atoms with E-state index in [1.165, 1.54) is 0 Å². The van der Waals surface area contributed by atoms with Crippen LogP contribution in [0.25, 0.3) is 0 Å². The van der Waals surface area contributed by atoms with E-state index in [4.69, 9.17) is 10.5 Å². The maximum Gasteiger partial charge on any atom is 0.408 e. The molecule has 0 aliphatic heterocycles. The van der Waals surface area contributed by atoms with Gasteiger partial charge in [0, 0.05) is 6.42 Å². The average Bonchev–Trinajstić information content (AvgIpc) is 2.69. The summed E-state index contributed by atoms with van der Waals surface area (Å²) in [6.07, 6.45) is -0.823. The Morgan fingerprint density at radius 1 is 1.13 bits per heavy atom. The summed E-state index contributed by atoms with van der Waals surface area (Å²) in [5.74, 6) is 1.48. The predicted octanol–water partition coefficient (Wildman–Crippen LogP) is 1.68. The molecule has 1 aromatic carbocycles. The first kappa shape index (κ1) is 26.2. The smallest absolute Gasteiger partial charge is 0.408 e. The zero-order chi connectivity index (χ0) is 23.7. The van der Waals surface area contributed by atoms with Gasteiger partial charge in [0.05, 0.1) is 6.61 Å². The number of hydrogen-bond acceptors (Lipinski definition) is 5. The fraction of sp³-hybridized carbons (Fsp3) is 0.500. The van der Waals surface area contributed by atoms with Crippen molar-refractivity contribution >= 4 is 26.0 Å². The van der Waals surface area contributed by atoms with Crippen LogP contribution in [-0.2, 0) is 20.9 Å². The van der Waals surface area contributed by atoms with Crippen LogP contribution in [0.1, 0.15) is 32.8 Å². The Labute approximate surface area is 184 Å². The highest BCUT2D eigenvalue weighted by Gasteiger charge is 2.33. The van der Waals surface area contributed by atoms with Gasteiger partial charge in [-0.05, 0) is 10.6 Å². The SMILES string of the molecule is CC(C)(C)[Si](C)(C)C#CC[C@@H](NC(=O)[C@H](CO)NC(=O)OCc1ccccc1)C(N)=O. The number of amides is 3. The molecule has 0 aliphatic rings. The highest BCUT2D eigenvalue weighted by molar-refractivity contribution is 6.87. The van der Waals surface area contributed by atoms with E-state index in [9.17, 15) is 19.5 Å². The lowest BCUT2D eigenvalue weighted by Crippen LogP contribution is -2.54. The second kappa shape index (κ2) is 11.5. The minimum absolute atomic E-state index is 0.0133. The third-order valence-electron chi connectivity index (χ3n) is 5.25. The molecule has 5 N–H and O–H groups in total. The Bertz CT molecular complexity index is 825. The van der Waals surface area contributed by atoms with Crippen LogP contribution in [0, 0.1) is 11.5 Å². The number of aliphatic hydroxyl groups is 1. The van der Waals surface area contributed by atoms with E-state index in [1.54, 1.807) is 24.3 Å². The van der Waals surface area contributed by atoms with Gasteiger partial charge >= 0.3 is 6.09 Å². The number of rotatable bonds is 8. The number of benzene rings is 1. The molecule has 0 saturated carbocycles. The molecule has 0 saturated heterocycles. The molecule has 0 bridgehead atoms. The number of alkyl carbamates (subject to hydrolysis) is 1. The molecule has 0 spiro atoms. The van der Waals surface area contributed by atoms with Crippen LogP contribution in [0.3, 0.4) is 0 Å². The van der Waals surface area contributed by atoms with Crippen LogP contribution in [0.15, 0.2) is 30.3 Å². The molecule has 3 amide bonds. The van der Waals surface area contributed by atoms with Gasteiger partial charge in [-0.3, -0.25) is 9.59 Å². The first-order valence-corrected chi connectivity index (χ1v) is 13.0. The largest absolute Gasteiger partial charge is 0.445 e. The first-order valence-electron chi connectivity index (χ1n) is 10.0. The Balaban J connectivity index is 2.68. The fourth-order valence-corrected chi connectivity index (χ4v) is 3.08. The van der Waals surface area contributed by atoms with Gasteiger partial charge in [0.15, 0.2) is 0 Å². The lowest BCUT2D eigenvalue weighted by Gasteiger charge is -2.31. The quantitative estimate of drug-likeness (QED) is 0.356. The Hall–Kier alpha value is -2.83. The topological polar surface area (TPSA) is 131 Å². The van der Waals surface area contributed by atoms with Crippen LogP contribution in [0.5, 0.6) is 0 Å². The third-order valence-corrected chi connectivity index (χ3v) is 9.80. The number of nitrogens with two attached hydrogens (primary N) is 1. The first-order chi connectivity index (χ1) is 14.4. The molecule has 1 aromatic rings. The number of primary amides is 1. The standard InChI is InChI=1S/C22H33N3O5Si/c1-22(2,3)31(4,5)13-9-12-17(19(23)27)24-20(28)18(14-26)25-21(29)30-15-16-10-7-6-8-11-16/h6-8,10-11,17-18,26H,12,14-15H2,1-5H3,(H2,23,27)(H,24,28)(H,25,29)/t17-,18+/m1/s1. The van der Waals surface area contributed by atoms with Crippen molar-refractivity contribution in [1.82, 2.24) is 10.6 Å². The molecule has 0 aromatic heterocycles. The zero-order valence-corrected chi connectivity index (χ0v) is 19.8. The molecule has 2 atom stereocenters. The molecule has 170 valence electrons. The summed E-state index contributed by atoms with van der Waals surface area (Å²) >= 11 is 0. The molecule has 0 aliphatic carbocycles. The number of carbonyl (C=O) groups is 3. The van der Waals surface area contributed by atoms with E-state index in [2.05, 4.69) is 56.0 Å². The van der Waals surface area contributed by atoms with E-state index in [1.807, 2.05) is 6.07 Å². The van der Waals surface area contributed by atoms with Crippen molar-refractivity contribution in [3.8, 4) is 11.5 Å². The molecular weight excluding hydrogens is 414 g/mol. The highest BCUT2D eigenvalue weighted by Crippen LogP contribution is 2.35. The lowest BCUT2D eigenvalue weighted by atomic mass is 10.2. The monoisotopic (exact) mass is 447 g/mol. The molecule has 9 heteroatoms. The minimum atomic E-state index is -1.87. The summed E-state index contributed by atoms with van der Waals surface area (Å²) < 4.78 is 5.05. The van der Waals surface area contributed by atoms with Gasteiger partial charge in [-0.15, -0.1) is 11.5 Å². The van der Waals surface area contributed by atoms with Gasteiger partial charge in [0.1, 0.15) is 26.8 Å². The lowest BCUT2D eigenvalue weighted by molar-refractivity contribution is -0.129. The third kappa shape index (κ3) is 8.82. The van der Waals surface area contributed by atoms with E-state index in [0.29, 0.717) is 0 Å². The van der Waals surface area contributed by atoms with Crippen molar-refractivity contribution in [2.45, 2.75) is 64.0 Å². The van der Waals surface area contributed by atoms with Crippen molar-refractivity contribution in [2.75, 3.05) is 6.61 Å². The summed E-state index contributed by atoms with van der Waals surface area (Å²) in [6.45, 7) is 9.96. The molecule has 0 fully saturated rings. The van der Waals surface area contributed by atoms with Crippen molar-refractivity contribution in [3.63, 3.8) is 0 Å². The summed E-state index contributed by atoms with van der Waals surface area (Å²) in [7, 11) is -1.87. The maximum atomic E-state index is 12.4. The van der Waals surface area contributed by atoms with E-state index in [0.717, 1.165) is 5.56 Å². The van der Waals surface area contributed by atoms with Crippen LogP contribution in [-0.4, -0.2) is 49.8 Å². The maximum absolute atomic E-state index is 12.4. The molecular formula is C22H33N3O5Si. The van der Waals surface area contributed by atoms with E-state index < -0.39 is 44.7 Å². The van der Waals surface area contributed by atoms with Crippen LogP contribution < -0.4 is 16.4 Å². The Morgan fingerprint density at radius 2 is 1.74 bits per heavy atom. The fourth-order valence-electron chi connectivity index (χ4n) is 2.16. The molecule has 31 heavy (non-hydrogen) atoms. The Kier molecular flexibility index (Phi) is 9.75. The van der Waals surface area contributed by atoms with Gasteiger partial charge in [-0.2, -0.15) is 0 Å². The number of carbonyl (C=O) groups excluding carboxylic acids is 3. The summed E-state index contributed by atoms with van der Waals surface area (Å²) in [4.78, 5) is 36.1. The van der Waals surface area contributed by atoms with Gasteiger partial charge < -0.3 is 26.2 Å². The van der Waals surface area contributed by atoms with Crippen molar-refractivity contribution < 1.29 is 24.2 Å². The van der Waals surface area contributed by atoms with Gasteiger partial charge in [0.2, 0.25) is 11.8 Å². The van der Waals surface area contributed by atoms with Crippen molar-refractivity contribution in [1.29, 1.82) is 0 Å². The average molecular weight is 448 g/mol. The predicted molar refractivity (Wildman–Crippen MR) is 121 cm³/mol. The van der Waals surface area contributed by atoms with Crippen molar-refractivity contribution in [3.05, 3.63) is 35.9 Å². The molecule has 8 nitrogen and oxygen atoms in total. The normalized spacial score (nSPS) is 13.2. The second-order valence-corrected chi connectivity index (χ2v) is 13.8. The van der Waals surface area contributed by atoms with Gasteiger partial charge in [-0.1, -0.05) is 64.2 Å². The molecule has 1 rings (SSSR count). The van der Waals surface area contributed by atoms with Gasteiger partial charge in [-0.25, -0.2) is 4.79 Å². The van der Waals surface area contributed by atoms with E-state index in [-0.39, 0.29) is 18.1 Å². The summed E-state index contributed by atoms with van der Waals surface area (Å²) in [5, 5.41) is 14.3. The van der Waals surface area contributed by atoms with Crippen molar-refractivity contribution in [2.24, 2.45) is 5.73 Å². The summed E-state index contributed by atoms with van der Waals surface area (Å²) in [5.41, 5.74) is 9.42.